The van der Waals surface area contributed by atoms with E-state index in [0.29, 0.717) is 12.3 Å². The molecule has 0 aromatic carbocycles. The Morgan fingerprint density at radius 3 is 2.27 bits per heavy atom. The molecule has 0 fully saturated rings. The van der Waals surface area contributed by atoms with E-state index in [-0.39, 0.29) is 18.0 Å². The van der Waals surface area contributed by atoms with E-state index in [1.807, 2.05) is 13.8 Å². The zero-order valence-corrected chi connectivity index (χ0v) is 7.52. The van der Waals surface area contributed by atoms with Crippen molar-refractivity contribution in [2.75, 3.05) is 0 Å². The van der Waals surface area contributed by atoms with Gasteiger partial charge in [0, 0.05) is 6.42 Å². The molecule has 1 unspecified atom stereocenters. The molecule has 0 N–H and O–H groups in total. The van der Waals surface area contributed by atoms with Crippen LogP contribution in [0, 0.1) is 5.92 Å². The molecule has 0 aliphatic rings. The van der Waals surface area contributed by atoms with Crippen LogP contribution in [-0.4, -0.2) is 11.6 Å². The van der Waals surface area contributed by atoms with E-state index in [4.69, 9.17) is 0 Å². The second-order valence-electron chi connectivity index (χ2n) is 3.14. The van der Waals surface area contributed by atoms with Gasteiger partial charge < -0.3 is 0 Å². The largest absolute Gasteiger partial charge is 0.300 e. The molecule has 0 aromatic heterocycles. The van der Waals surface area contributed by atoms with E-state index in [0.717, 1.165) is 6.42 Å². The fraction of sp³-hybridized carbons (Fsp3) is 0.778. The van der Waals surface area contributed by atoms with Crippen molar-refractivity contribution >= 4 is 11.6 Å². The van der Waals surface area contributed by atoms with Crippen LogP contribution in [0.4, 0.5) is 0 Å². The van der Waals surface area contributed by atoms with Crippen molar-refractivity contribution in [1.82, 2.24) is 0 Å². The summed E-state index contributed by atoms with van der Waals surface area (Å²) in [6, 6.07) is 0. The molecule has 0 rings (SSSR count). The Bertz CT molecular complexity index is 150. The Morgan fingerprint density at radius 2 is 1.91 bits per heavy atom. The third-order valence-corrected chi connectivity index (χ3v) is 1.72. The van der Waals surface area contributed by atoms with Crippen molar-refractivity contribution in [2.45, 2.75) is 40.0 Å². The minimum atomic E-state index is -0.0293. The van der Waals surface area contributed by atoms with Gasteiger partial charge >= 0.3 is 0 Å². The van der Waals surface area contributed by atoms with Crippen molar-refractivity contribution in [1.29, 1.82) is 0 Å². The molecule has 2 heteroatoms. The molecule has 0 heterocycles. The van der Waals surface area contributed by atoms with E-state index >= 15 is 0 Å². The number of carbonyl (C=O) groups is 2. The molecule has 1 atom stereocenters. The van der Waals surface area contributed by atoms with Crippen molar-refractivity contribution in [3.63, 3.8) is 0 Å². The lowest BCUT2D eigenvalue weighted by molar-refractivity contribution is -0.126. The Morgan fingerprint density at radius 1 is 1.36 bits per heavy atom. The monoisotopic (exact) mass is 156 g/mol. The second kappa shape index (κ2) is 5.05. The molecule has 11 heavy (non-hydrogen) atoms. The maximum atomic E-state index is 11.0. The molecule has 0 aliphatic carbocycles. The van der Waals surface area contributed by atoms with Gasteiger partial charge in [0.25, 0.3) is 0 Å². The van der Waals surface area contributed by atoms with E-state index in [2.05, 4.69) is 0 Å². The minimum Gasteiger partial charge on any atom is -0.300 e. The van der Waals surface area contributed by atoms with Gasteiger partial charge in [0.2, 0.25) is 0 Å². The highest BCUT2D eigenvalue weighted by molar-refractivity contribution is 5.97. The molecule has 0 aliphatic heterocycles. The first-order valence-electron chi connectivity index (χ1n) is 4.07. The van der Waals surface area contributed by atoms with Gasteiger partial charge in [-0.2, -0.15) is 0 Å². The molecule has 0 amide bonds. The predicted octanol–water partition coefficient (Wildman–Crippen LogP) is 1.97. The molecular weight excluding hydrogens is 140 g/mol. The Hall–Kier alpha value is -0.660. The summed E-state index contributed by atoms with van der Waals surface area (Å²) in [5, 5.41) is 0. The highest BCUT2D eigenvalue weighted by Gasteiger charge is 2.08. The van der Waals surface area contributed by atoms with Gasteiger partial charge in [0.05, 0.1) is 6.42 Å². The first kappa shape index (κ1) is 10.3. The van der Waals surface area contributed by atoms with Gasteiger partial charge in [0.15, 0.2) is 0 Å². The van der Waals surface area contributed by atoms with Gasteiger partial charge in [-0.25, -0.2) is 0 Å². The summed E-state index contributed by atoms with van der Waals surface area (Å²) in [5.41, 5.74) is 0. The molecule has 0 aromatic rings. The lowest BCUT2D eigenvalue weighted by atomic mass is 10.00. The standard InChI is InChI=1S/C9H16O2/c1-4-7(2)5-9(11)6-8(3)10/h7H,4-6H2,1-3H3. The molecule has 0 bridgehead atoms. The smallest absolute Gasteiger partial charge is 0.140 e. The van der Waals surface area contributed by atoms with Crippen molar-refractivity contribution in [2.24, 2.45) is 5.92 Å². The Labute approximate surface area is 68.0 Å². The van der Waals surface area contributed by atoms with Crippen LogP contribution in [0.5, 0.6) is 0 Å². The molecule has 0 spiro atoms. The number of carbonyl (C=O) groups excluding carboxylic acids is 2. The van der Waals surface area contributed by atoms with Crippen LogP contribution in [0.2, 0.25) is 0 Å². The maximum absolute atomic E-state index is 11.0. The molecular formula is C9H16O2. The fourth-order valence-electron chi connectivity index (χ4n) is 0.883. The highest BCUT2D eigenvalue weighted by atomic mass is 16.1. The summed E-state index contributed by atoms with van der Waals surface area (Å²) < 4.78 is 0. The zero-order chi connectivity index (χ0) is 8.85. The van der Waals surface area contributed by atoms with E-state index in [9.17, 15) is 9.59 Å². The summed E-state index contributed by atoms with van der Waals surface area (Å²) in [4.78, 5) is 21.5. The summed E-state index contributed by atoms with van der Waals surface area (Å²) in [5.74, 6) is 0.465. The quantitative estimate of drug-likeness (QED) is 0.570. The van der Waals surface area contributed by atoms with Crippen LogP contribution >= 0.6 is 0 Å². The highest BCUT2D eigenvalue weighted by Crippen LogP contribution is 2.08. The zero-order valence-electron chi connectivity index (χ0n) is 7.52. The van der Waals surface area contributed by atoms with Gasteiger partial charge in [-0.3, -0.25) is 9.59 Å². The lowest BCUT2D eigenvalue weighted by Crippen LogP contribution is -2.08. The van der Waals surface area contributed by atoms with Crippen LogP contribution in [0.1, 0.15) is 40.0 Å². The van der Waals surface area contributed by atoms with E-state index in [1.54, 1.807) is 0 Å². The average Bonchev–Trinajstić information content (AvgIpc) is 1.85. The molecule has 0 saturated heterocycles. The predicted molar refractivity (Wildman–Crippen MR) is 44.4 cm³/mol. The van der Waals surface area contributed by atoms with Crippen LogP contribution in [-0.2, 0) is 9.59 Å². The van der Waals surface area contributed by atoms with Crippen LogP contribution < -0.4 is 0 Å². The molecule has 2 nitrogen and oxygen atoms in total. The van der Waals surface area contributed by atoms with Gasteiger partial charge in [-0.15, -0.1) is 0 Å². The van der Waals surface area contributed by atoms with Crippen molar-refractivity contribution in [3.05, 3.63) is 0 Å². The number of rotatable bonds is 5. The third kappa shape index (κ3) is 5.77. The first-order chi connectivity index (χ1) is 5.06. The maximum Gasteiger partial charge on any atom is 0.140 e. The lowest BCUT2D eigenvalue weighted by Gasteiger charge is -2.04. The summed E-state index contributed by atoms with van der Waals surface area (Å²) in [6.07, 6.45) is 1.67. The second-order valence-corrected chi connectivity index (χ2v) is 3.14. The van der Waals surface area contributed by atoms with E-state index < -0.39 is 0 Å². The van der Waals surface area contributed by atoms with Gasteiger partial charge in [0.1, 0.15) is 11.6 Å². The molecule has 0 saturated carbocycles. The number of hydrogen-bond acceptors (Lipinski definition) is 2. The average molecular weight is 156 g/mol. The van der Waals surface area contributed by atoms with Crippen LogP contribution in [0.25, 0.3) is 0 Å². The Kier molecular flexibility index (Phi) is 4.75. The summed E-state index contributed by atoms with van der Waals surface area (Å²) in [6.45, 7) is 5.53. The van der Waals surface area contributed by atoms with Gasteiger partial charge in [-0.05, 0) is 12.8 Å². The third-order valence-electron chi connectivity index (χ3n) is 1.72. The summed E-state index contributed by atoms with van der Waals surface area (Å²) in [7, 11) is 0. The first-order valence-corrected chi connectivity index (χ1v) is 4.07. The molecule has 64 valence electrons. The molecule has 0 radical (unpaired) electrons. The topological polar surface area (TPSA) is 34.1 Å². The number of ketones is 2. The van der Waals surface area contributed by atoms with Crippen LogP contribution in [0.3, 0.4) is 0 Å². The normalized spacial score (nSPS) is 12.6. The Balaban J connectivity index is 3.60. The van der Waals surface area contributed by atoms with E-state index in [1.165, 1.54) is 6.92 Å². The SMILES string of the molecule is CCC(C)CC(=O)CC(C)=O. The van der Waals surface area contributed by atoms with Crippen LogP contribution in [0.15, 0.2) is 0 Å². The minimum absolute atomic E-state index is 0.0293. The van der Waals surface area contributed by atoms with Crippen molar-refractivity contribution < 1.29 is 9.59 Å². The fourth-order valence-corrected chi connectivity index (χ4v) is 0.883. The van der Waals surface area contributed by atoms with Gasteiger partial charge in [-0.1, -0.05) is 20.3 Å². The van der Waals surface area contributed by atoms with Crippen molar-refractivity contribution in [3.8, 4) is 0 Å². The number of Topliss-reactive ketones (excluding diaryl/α,β-unsaturated/α-hetero) is 2. The summed E-state index contributed by atoms with van der Waals surface area (Å²) >= 11 is 0. The number of hydrogen-bond donors (Lipinski definition) is 0.